The van der Waals surface area contributed by atoms with Crippen LogP contribution in [0.5, 0.6) is 5.75 Å². The number of aromatic nitrogens is 3. The van der Waals surface area contributed by atoms with Gasteiger partial charge in [-0.15, -0.1) is 0 Å². The smallest absolute Gasteiger partial charge is 0.261 e. The summed E-state index contributed by atoms with van der Waals surface area (Å²) in [5, 5.41) is 10.1. The van der Waals surface area contributed by atoms with Crippen molar-refractivity contribution in [3.63, 3.8) is 0 Å². The Kier molecular flexibility index (Phi) is 5.84. The Balaban J connectivity index is 1.43. The third kappa shape index (κ3) is 4.41. The third-order valence-corrected chi connectivity index (χ3v) is 6.78. The fraction of sp³-hybridized carbons (Fsp3) is 0.440. The molecule has 2 N–H and O–H groups in total. The molecule has 10 nitrogen and oxygen atoms in total. The SMILES string of the molecule is CNC(=O)[C@H](C)N1CCN(c2cc3c(cc2NC(=O)c2cnn4cccnc24)CC(C)(C)O3)CC1. The van der Waals surface area contributed by atoms with Crippen molar-refractivity contribution in [2.75, 3.05) is 43.4 Å². The predicted molar refractivity (Wildman–Crippen MR) is 133 cm³/mol. The molecule has 1 atom stereocenters. The van der Waals surface area contributed by atoms with Gasteiger partial charge < -0.3 is 20.3 Å². The molecule has 0 unspecified atom stereocenters. The molecule has 1 aromatic carbocycles. The Labute approximate surface area is 204 Å². The Hall–Kier alpha value is -3.66. The number of amides is 2. The quantitative estimate of drug-likeness (QED) is 0.579. The summed E-state index contributed by atoms with van der Waals surface area (Å²) in [6.07, 6.45) is 5.71. The van der Waals surface area contributed by atoms with Crippen molar-refractivity contribution < 1.29 is 14.3 Å². The van der Waals surface area contributed by atoms with E-state index in [1.807, 2.05) is 19.1 Å². The molecule has 1 saturated heterocycles. The van der Waals surface area contributed by atoms with Crippen molar-refractivity contribution >= 4 is 28.8 Å². The Morgan fingerprint density at radius 3 is 2.69 bits per heavy atom. The molecule has 0 radical (unpaired) electrons. The first-order valence-electron chi connectivity index (χ1n) is 11.9. The van der Waals surface area contributed by atoms with E-state index >= 15 is 0 Å². The average Bonchev–Trinajstić information content (AvgIpc) is 3.41. The van der Waals surface area contributed by atoms with Crippen molar-refractivity contribution in [2.24, 2.45) is 0 Å². The molecule has 184 valence electrons. The van der Waals surface area contributed by atoms with E-state index in [9.17, 15) is 9.59 Å². The molecule has 0 aliphatic carbocycles. The van der Waals surface area contributed by atoms with Gasteiger partial charge in [0.15, 0.2) is 5.65 Å². The first-order valence-corrected chi connectivity index (χ1v) is 11.9. The second-order valence-corrected chi connectivity index (χ2v) is 9.73. The molecule has 2 amide bonds. The van der Waals surface area contributed by atoms with Crippen molar-refractivity contribution in [1.82, 2.24) is 24.8 Å². The number of carbonyl (C=O) groups is 2. The van der Waals surface area contributed by atoms with E-state index in [0.717, 1.165) is 55.3 Å². The van der Waals surface area contributed by atoms with Gasteiger partial charge in [0.05, 0.1) is 23.6 Å². The molecular formula is C25H31N7O3. The summed E-state index contributed by atoms with van der Waals surface area (Å²) in [4.78, 5) is 34.1. The number of piperazine rings is 1. The number of ether oxygens (including phenoxy) is 1. The highest BCUT2D eigenvalue weighted by atomic mass is 16.5. The minimum atomic E-state index is -0.295. The van der Waals surface area contributed by atoms with Crippen LogP contribution in [0.25, 0.3) is 5.65 Å². The molecule has 4 heterocycles. The third-order valence-electron chi connectivity index (χ3n) is 6.78. The molecule has 3 aromatic rings. The number of anilines is 2. The monoisotopic (exact) mass is 477 g/mol. The largest absolute Gasteiger partial charge is 0.487 e. The molecule has 10 heteroatoms. The number of nitrogens with zero attached hydrogens (tertiary/aromatic N) is 5. The maximum Gasteiger partial charge on any atom is 0.261 e. The number of nitrogens with one attached hydrogen (secondary N) is 2. The average molecular weight is 478 g/mol. The first kappa shape index (κ1) is 23.1. The van der Waals surface area contributed by atoms with Crippen molar-refractivity contribution in [3.8, 4) is 5.75 Å². The number of likely N-dealkylation sites (N-methyl/N-ethyl adjacent to an activating group) is 1. The summed E-state index contributed by atoms with van der Waals surface area (Å²) in [7, 11) is 1.66. The topological polar surface area (TPSA) is 104 Å². The highest BCUT2D eigenvalue weighted by Crippen LogP contribution is 2.42. The highest BCUT2D eigenvalue weighted by Gasteiger charge is 2.33. The maximum absolute atomic E-state index is 13.3. The Morgan fingerprint density at radius 2 is 1.94 bits per heavy atom. The van der Waals surface area contributed by atoms with Crippen LogP contribution in [0.15, 0.2) is 36.8 Å². The van der Waals surface area contributed by atoms with Gasteiger partial charge in [0.25, 0.3) is 5.91 Å². The van der Waals surface area contributed by atoms with E-state index in [-0.39, 0.29) is 23.5 Å². The van der Waals surface area contributed by atoms with E-state index in [2.05, 4.69) is 44.4 Å². The Morgan fingerprint density at radius 1 is 1.17 bits per heavy atom. The summed E-state index contributed by atoms with van der Waals surface area (Å²) in [6, 6.07) is 5.64. The molecule has 5 rings (SSSR count). The van der Waals surface area contributed by atoms with Gasteiger partial charge in [-0.3, -0.25) is 14.5 Å². The lowest BCUT2D eigenvalue weighted by molar-refractivity contribution is -0.125. The summed E-state index contributed by atoms with van der Waals surface area (Å²) >= 11 is 0. The van der Waals surface area contributed by atoms with Crippen LogP contribution < -0.4 is 20.3 Å². The van der Waals surface area contributed by atoms with E-state index in [4.69, 9.17) is 4.74 Å². The van der Waals surface area contributed by atoms with Crippen LogP contribution in [-0.4, -0.2) is 76.2 Å². The summed E-state index contributed by atoms with van der Waals surface area (Å²) in [5.74, 6) is 0.605. The molecule has 0 bridgehead atoms. The number of benzene rings is 1. The zero-order chi connectivity index (χ0) is 24.7. The van der Waals surface area contributed by atoms with Crippen molar-refractivity contribution in [3.05, 3.63) is 47.9 Å². The number of hydrogen-bond donors (Lipinski definition) is 2. The predicted octanol–water partition coefficient (Wildman–Crippen LogP) is 1.95. The lowest BCUT2D eigenvalue weighted by atomic mass is 10.0. The zero-order valence-corrected chi connectivity index (χ0v) is 20.5. The second-order valence-electron chi connectivity index (χ2n) is 9.73. The second kappa shape index (κ2) is 8.84. The summed E-state index contributed by atoms with van der Waals surface area (Å²) in [5.41, 5.74) is 3.34. The van der Waals surface area contributed by atoms with E-state index in [0.29, 0.717) is 11.2 Å². The van der Waals surface area contributed by atoms with Crippen LogP contribution in [0, 0.1) is 0 Å². The van der Waals surface area contributed by atoms with E-state index in [1.165, 1.54) is 6.20 Å². The molecular weight excluding hydrogens is 446 g/mol. The molecule has 0 saturated carbocycles. The number of hydrogen-bond acceptors (Lipinski definition) is 7. The van der Waals surface area contributed by atoms with Crippen LogP contribution in [0.4, 0.5) is 11.4 Å². The van der Waals surface area contributed by atoms with Crippen LogP contribution in [0.1, 0.15) is 36.7 Å². The van der Waals surface area contributed by atoms with Crippen molar-refractivity contribution in [1.29, 1.82) is 0 Å². The van der Waals surface area contributed by atoms with Gasteiger partial charge in [0, 0.05) is 63.7 Å². The lowest BCUT2D eigenvalue weighted by Gasteiger charge is -2.39. The minimum absolute atomic E-state index is 0.0153. The van der Waals surface area contributed by atoms with E-state index < -0.39 is 0 Å². The molecule has 1 fully saturated rings. The van der Waals surface area contributed by atoms with Gasteiger partial charge in [-0.25, -0.2) is 9.50 Å². The molecule has 2 aromatic heterocycles. The number of rotatable bonds is 5. The summed E-state index contributed by atoms with van der Waals surface area (Å²) < 4.78 is 7.78. The standard InChI is InChI=1S/C25H31N7O3/c1-16(23(33)26-4)30-8-10-31(11-9-30)20-13-21-17(14-25(2,3)35-21)12-19(20)29-24(34)18-15-28-32-7-5-6-27-22(18)32/h5-7,12-13,15-16H,8-11,14H2,1-4H3,(H,26,33)(H,29,34)/t16-/m0/s1. The molecule has 35 heavy (non-hydrogen) atoms. The Bertz CT molecular complexity index is 1280. The molecule has 2 aliphatic rings. The van der Waals surface area contributed by atoms with Gasteiger partial charge in [-0.05, 0) is 32.9 Å². The van der Waals surface area contributed by atoms with Gasteiger partial charge >= 0.3 is 0 Å². The number of fused-ring (bicyclic) bond motifs is 2. The van der Waals surface area contributed by atoms with Gasteiger partial charge in [0.1, 0.15) is 16.9 Å². The normalized spacial score (nSPS) is 18.1. The fourth-order valence-electron chi connectivity index (χ4n) is 4.90. The van der Waals surface area contributed by atoms with Crippen LogP contribution in [-0.2, 0) is 11.2 Å². The van der Waals surface area contributed by atoms with Crippen LogP contribution in [0.3, 0.4) is 0 Å². The van der Waals surface area contributed by atoms with Crippen LogP contribution in [0.2, 0.25) is 0 Å². The minimum Gasteiger partial charge on any atom is -0.487 e. The van der Waals surface area contributed by atoms with Crippen molar-refractivity contribution in [2.45, 2.75) is 38.8 Å². The highest BCUT2D eigenvalue weighted by molar-refractivity contribution is 6.09. The van der Waals surface area contributed by atoms with Crippen LogP contribution >= 0.6 is 0 Å². The van der Waals surface area contributed by atoms with Gasteiger partial charge in [0.2, 0.25) is 5.91 Å². The first-order chi connectivity index (χ1) is 16.8. The lowest BCUT2D eigenvalue weighted by Crippen LogP contribution is -2.53. The molecule has 2 aliphatic heterocycles. The maximum atomic E-state index is 13.3. The van der Waals surface area contributed by atoms with Gasteiger partial charge in [-0.1, -0.05) is 0 Å². The zero-order valence-electron chi connectivity index (χ0n) is 20.5. The fourth-order valence-corrected chi connectivity index (χ4v) is 4.90. The molecule has 0 spiro atoms. The van der Waals surface area contributed by atoms with E-state index in [1.54, 1.807) is 30.0 Å². The van der Waals surface area contributed by atoms with Gasteiger partial charge in [-0.2, -0.15) is 5.10 Å². The summed E-state index contributed by atoms with van der Waals surface area (Å²) in [6.45, 7) is 8.99. The number of carbonyl (C=O) groups excluding carboxylic acids is 2.